The first-order valence-electron chi connectivity index (χ1n) is 11.8. The van der Waals surface area contributed by atoms with Gasteiger partial charge in [-0.3, -0.25) is 14.4 Å². The smallest absolute Gasteiger partial charge is 0.357 e. The zero-order valence-corrected chi connectivity index (χ0v) is 20.3. The van der Waals surface area contributed by atoms with Gasteiger partial charge in [0, 0.05) is 16.9 Å². The molecule has 3 aliphatic heterocycles. The van der Waals surface area contributed by atoms with Crippen molar-refractivity contribution in [1.29, 1.82) is 0 Å². The molecule has 2 saturated heterocycles. The molecule has 3 aromatic carbocycles. The highest BCUT2D eigenvalue weighted by Gasteiger charge is 2.64. The molecule has 0 aliphatic carbocycles. The standard InChI is InChI=1S/C28H19ClF3N3O3/c29-17-8-10-19(11-9-17)35-26(37)21-22(27(35)38)24(34-13-12-15-4-1-2-7-20(15)23(21)34)25(36)33-18-6-3-5-16(14-18)28(30,31)32/h1-14,21-24H,(H,33,36)/t21-,22+,23-,24-/m0/s1. The average Bonchev–Trinajstić information content (AvgIpc) is 3.37. The largest absolute Gasteiger partial charge is 0.416 e. The summed E-state index contributed by atoms with van der Waals surface area (Å²) >= 11 is 5.99. The van der Waals surface area contributed by atoms with Crippen LogP contribution in [0, 0.1) is 11.8 Å². The predicted octanol–water partition coefficient (Wildman–Crippen LogP) is 5.51. The molecule has 4 atom stereocenters. The van der Waals surface area contributed by atoms with E-state index in [1.165, 1.54) is 12.1 Å². The van der Waals surface area contributed by atoms with Crippen molar-refractivity contribution in [2.24, 2.45) is 11.8 Å². The van der Waals surface area contributed by atoms with Gasteiger partial charge in [-0.2, -0.15) is 13.2 Å². The number of anilines is 2. The normalized spacial score (nSPS) is 23.8. The van der Waals surface area contributed by atoms with Crippen LogP contribution in [0.3, 0.4) is 0 Å². The molecule has 38 heavy (non-hydrogen) atoms. The molecule has 192 valence electrons. The molecule has 2 fully saturated rings. The molecule has 3 amide bonds. The molecule has 0 spiro atoms. The second-order valence-electron chi connectivity index (χ2n) is 9.39. The Kier molecular flexibility index (Phi) is 5.57. The topological polar surface area (TPSA) is 69.7 Å². The van der Waals surface area contributed by atoms with E-state index in [0.717, 1.165) is 28.2 Å². The summed E-state index contributed by atoms with van der Waals surface area (Å²) in [6.45, 7) is 0. The third kappa shape index (κ3) is 3.77. The van der Waals surface area contributed by atoms with Gasteiger partial charge in [-0.15, -0.1) is 0 Å². The van der Waals surface area contributed by atoms with Crippen LogP contribution >= 0.6 is 11.6 Å². The van der Waals surface area contributed by atoms with E-state index in [-0.39, 0.29) is 5.69 Å². The molecule has 3 heterocycles. The van der Waals surface area contributed by atoms with Gasteiger partial charge in [-0.05, 0) is 59.7 Å². The SMILES string of the molecule is O=C(Nc1cccc(C(F)(F)F)c1)[C@@H]1[C@@H]2C(=O)N(c3ccc(Cl)cc3)C(=O)[C@@H]2[C@@H]2c3ccccc3C=CN12. The number of carbonyl (C=O) groups is 3. The van der Waals surface area contributed by atoms with E-state index in [2.05, 4.69) is 5.32 Å². The maximum absolute atomic E-state index is 13.8. The quantitative estimate of drug-likeness (QED) is 0.447. The number of nitrogens with one attached hydrogen (secondary N) is 1. The maximum Gasteiger partial charge on any atom is 0.416 e. The van der Waals surface area contributed by atoms with Crippen LogP contribution in [0.15, 0.2) is 79.0 Å². The number of fused-ring (bicyclic) bond motifs is 5. The van der Waals surface area contributed by atoms with E-state index in [1.807, 2.05) is 24.3 Å². The fourth-order valence-corrected chi connectivity index (χ4v) is 5.82. The van der Waals surface area contributed by atoms with Gasteiger partial charge in [0.2, 0.25) is 17.7 Å². The van der Waals surface area contributed by atoms with Gasteiger partial charge in [0.05, 0.1) is 29.1 Å². The summed E-state index contributed by atoms with van der Waals surface area (Å²) in [4.78, 5) is 44.0. The summed E-state index contributed by atoms with van der Waals surface area (Å²) in [5.74, 6) is -3.60. The summed E-state index contributed by atoms with van der Waals surface area (Å²) in [7, 11) is 0. The van der Waals surface area contributed by atoms with E-state index < -0.39 is 53.4 Å². The monoisotopic (exact) mass is 537 g/mol. The number of alkyl halides is 3. The van der Waals surface area contributed by atoms with Gasteiger partial charge < -0.3 is 10.2 Å². The number of carbonyl (C=O) groups excluding carboxylic acids is 3. The summed E-state index contributed by atoms with van der Waals surface area (Å²) in [6.07, 6.45) is -1.12. The Morgan fingerprint density at radius 1 is 0.895 bits per heavy atom. The first-order chi connectivity index (χ1) is 18.1. The lowest BCUT2D eigenvalue weighted by molar-refractivity contribution is -0.137. The van der Waals surface area contributed by atoms with Crippen LogP contribution in [0.25, 0.3) is 6.08 Å². The first-order valence-corrected chi connectivity index (χ1v) is 12.2. The Hall–Kier alpha value is -4.11. The van der Waals surface area contributed by atoms with Crippen molar-refractivity contribution in [3.05, 3.63) is 101 Å². The third-order valence-corrected chi connectivity index (χ3v) is 7.52. The predicted molar refractivity (Wildman–Crippen MR) is 135 cm³/mol. The zero-order chi connectivity index (χ0) is 26.8. The van der Waals surface area contributed by atoms with Crippen molar-refractivity contribution in [3.8, 4) is 0 Å². The minimum Gasteiger partial charge on any atom is -0.357 e. The average molecular weight is 538 g/mol. The number of benzene rings is 3. The summed E-state index contributed by atoms with van der Waals surface area (Å²) in [5.41, 5.74) is 1.01. The molecule has 6 nitrogen and oxygen atoms in total. The number of hydrogen-bond donors (Lipinski definition) is 1. The molecule has 3 aromatic rings. The number of amides is 3. The molecular weight excluding hydrogens is 519 g/mol. The third-order valence-electron chi connectivity index (χ3n) is 7.27. The van der Waals surface area contributed by atoms with Crippen molar-refractivity contribution in [1.82, 2.24) is 4.90 Å². The number of nitrogens with zero attached hydrogens (tertiary/aromatic N) is 2. The fraction of sp³-hybridized carbons (Fsp3) is 0.179. The van der Waals surface area contributed by atoms with Crippen LogP contribution in [-0.2, 0) is 20.6 Å². The Bertz CT molecular complexity index is 1500. The maximum atomic E-state index is 13.8. The summed E-state index contributed by atoms with van der Waals surface area (Å²) in [6, 6.07) is 16.2. The number of rotatable bonds is 3. The fourth-order valence-electron chi connectivity index (χ4n) is 5.69. The van der Waals surface area contributed by atoms with Crippen molar-refractivity contribution in [2.45, 2.75) is 18.3 Å². The minimum atomic E-state index is -4.59. The second kappa shape index (κ2) is 8.73. The zero-order valence-electron chi connectivity index (χ0n) is 19.5. The molecule has 0 aromatic heterocycles. The van der Waals surface area contributed by atoms with E-state index in [4.69, 9.17) is 11.6 Å². The van der Waals surface area contributed by atoms with Gasteiger partial charge in [0.25, 0.3) is 0 Å². The van der Waals surface area contributed by atoms with Gasteiger partial charge in [0.15, 0.2) is 0 Å². The molecule has 0 unspecified atom stereocenters. The number of imide groups is 1. The van der Waals surface area contributed by atoms with Crippen molar-refractivity contribution in [2.75, 3.05) is 10.2 Å². The van der Waals surface area contributed by atoms with Crippen LogP contribution < -0.4 is 10.2 Å². The molecule has 10 heteroatoms. The lowest BCUT2D eigenvalue weighted by Gasteiger charge is -2.35. The van der Waals surface area contributed by atoms with Gasteiger partial charge in [-0.1, -0.05) is 41.9 Å². The van der Waals surface area contributed by atoms with Gasteiger partial charge in [-0.25, -0.2) is 4.90 Å². The lowest BCUT2D eigenvalue weighted by atomic mass is 9.84. The second-order valence-corrected chi connectivity index (χ2v) is 9.83. The Labute approximate surface area is 220 Å². The minimum absolute atomic E-state index is 0.0578. The molecule has 1 N–H and O–H groups in total. The van der Waals surface area contributed by atoms with Crippen LogP contribution in [0.1, 0.15) is 22.7 Å². The molecule has 0 saturated carbocycles. The molecule has 0 bridgehead atoms. The van der Waals surface area contributed by atoms with Crippen LogP contribution in [0.2, 0.25) is 5.02 Å². The van der Waals surface area contributed by atoms with E-state index in [1.54, 1.807) is 41.4 Å². The Morgan fingerprint density at radius 3 is 2.34 bits per heavy atom. The summed E-state index contributed by atoms with van der Waals surface area (Å²) < 4.78 is 39.7. The van der Waals surface area contributed by atoms with Crippen molar-refractivity contribution >= 4 is 46.8 Å². The highest BCUT2D eigenvalue weighted by Crippen LogP contribution is 2.53. The highest BCUT2D eigenvalue weighted by atomic mass is 35.5. The van der Waals surface area contributed by atoms with Crippen LogP contribution in [0.4, 0.5) is 24.5 Å². The number of hydrogen-bond acceptors (Lipinski definition) is 4. The molecule has 6 rings (SSSR count). The van der Waals surface area contributed by atoms with Crippen molar-refractivity contribution in [3.63, 3.8) is 0 Å². The Morgan fingerprint density at radius 2 is 1.61 bits per heavy atom. The Balaban J connectivity index is 1.41. The molecule has 3 aliphatic rings. The van der Waals surface area contributed by atoms with E-state index >= 15 is 0 Å². The number of halogens is 4. The molecule has 0 radical (unpaired) electrons. The van der Waals surface area contributed by atoms with Crippen molar-refractivity contribution < 1.29 is 27.6 Å². The first kappa shape index (κ1) is 24.2. The van der Waals surface area contributed by atoms with E-state index in [9.17, 15) is 27.6 Å². The molecular formula is C28H19ClF3N3O3. The van der Waals surface area contributed by atoms with Gasteiger partial charge in [0.1, 0.15) is 6.04 Å². The summed E-state index contributed by atoms with van der Waals surface area (Å²) in [5, 5.41) is 2.98. The highest BCUT2D eigenvalue weighted by molar-refractivity contribution is 6.31. The van der Waals surface area contributed by atoms with E-state index in [0.29, 0.717) is 10.7 Å². The van der Waals surface area contributed by atoms with Crippen LogP contribution in [-0.4, -0.2) is 28.7 Å². The van der Waals surface area contributed by atoms with Crippen LogP contribution in [0.5, 0.6) is 0 Å². The van der Waals surface area contributed by atoms with Gasteiger partial charge >= 0.3 is 6.18 Å². The lowest BCUT2D eigenvalue weighted by Crippen LogP contribution is -2.46.